The SMILES string of the molecule is c1ccc2c(-c3cccc4c(-c5ccc6ccc7c(-c8cccc9c(-c%10cccc%11ccccc%10%11)cccc89)ccc8ccc5c6c87)cccc34)cccc2c1. The first-order valence-corrected chi connectivity index (χ1v) is 19.5. The van der Waals surface area contributed by atoms with Gasteiger partial charge in [-0.25, -0.2) is 0 Å². The normalized spacial score (nSPS) is 11.9. The Kier molecular flexibility index (Phi) is 6.73. The molecule has 0 aliphatic heterocycles. The fourth-order valence-electron chi connectivity index (χ4n) is 9.75. The minimum Gasteiger partial charge on any atom is -0.0616 e. The highest BCUT2D eigenvalue weighted by Gasteiger charge is 2.18. The Hall–Kier alpha value is -7.28. The van der Waals surface area contributed by atoms with Crippen LogP contribution in [0.2, 0.25) is 0 Å². The minimum atomic E-state index is 1.26. The molecule has 0 aromatic heterocycles. The van der Waals surface area contributed by atoms with Crippen molar-refractivity contribution in [2.45, 2.75) is 0 Å². The molecule has 12 rings (SSSR count). The molecule has 0 heterocycles. The van der Waals surface area contributed by atoms with Gasteiger partial charge in [-0.15, -0.1) is 0 Å². The van der Waals surface area contributed by atoms with Crippen molar-refractivity contribution in [2.24, 2.45) is 0 Å². The Bertz CT molecular complexity index is 3280. The fraction of sp³-hybridized carbons (Fsp3) is 0. The van der Waals surface area contributed by atoms with Crippen LogP contribution < -0.4 is 0 Å². The summed E-state index contributed by atoms with van der Waals surface area (Å²) in [5.41, 5.74) is 10.1. The second-order valence-corrected chi connectivity index (χ2v) is 15.1. The summed E-state index contributed by atoms with van der Waals surface area (Å²) in [4.78, 5) is 0. The predicted octanol–water partition coefficient (Wildman–Crippen LogP) is 15.9. The third-order valence-corrected chi connectivity index (χ3v) is 12.2. The lowest BCUT2D eigenvalue weighted by Gasteiger charge is -2.19. The second kappa shape index (κ2) is 12.1. The number of hydrogen-bond acceptors (Lipinski definition) is 0. The summed E-state index contributed by atoms with van der Waals surface area (Å²) in [5, 5.41) is 17.9. The number of benzene rings is 12. The third-order valence-electron chi connectivity index (χ3n) is 12.2. The number of hydrogen-bond donors (Lipinski definition) is 0. The van der Waals surface area contributed by atoms with Gasteiger partial charge in [0.05, 0.1) is 0 Å². The minimum absolute atomic E-state index is 1.26. The highest BCUT2D eigenvalue weighted by molar-refractivity contribution is 6.29. The Morgan fingerprint density at radius 1 is 0.143 bits per heavy atom. The summed E-state index contributed by atoms with van der Waals surface area (Å²) in [6.07, 6.45) is 0. The molecule has 0 fully saturated rings. The lowest BCUT2D eigenvalue weighted by Crippen LogP contribution is -1.91. The highest BCUT2D eigenvalue weighted by atomic mass is 14.2. The molecule has 56 heavy (non-hydrogen) atoms. The average Bonchev–Trinajstić information content (AvgIpc) is 3.27. The second-order valence-electron chi connectivity index (χ2n) is 15.1. The van der Waals surface area contributed by atoms with Crippen molar-refractivity contribution in [3.8, 4) is 44.5 Å². The standard InChI is InChI=1S/C56H34/c1-3-15-39-35(11-1)13-5-17-41(39)43-19-7-23-47-45(43)21-9-25-49(47)51-31-27-37-30-34-54-52(32-28-38-29-33-53(51)55(37)56(38)54)50-26-10-22-46-44(20-8-24-48(46)50)42-18-6-14-36-12-2-4-16-40(36)42/h1-34H. The number of fused-ring (bicyclic) bond motifs is 4. The zero-order valence-electron chi connectivity index (χ0n) is 30.6. The quantitative estimate of drug-likeness (QED) is 0.160. The van der Waals surface area contributed by atoms with Crippen LogP contribution in [0.4, 0.5) is 0 Å². The molecule has 12 aromatic carbocycles. The van der Waals surface area contributed by atoms with Gasteiger partial charge in [0.15, 0.2) is 0 Å². The smallest absolute Gasteiger partial charge is 0.00203 e. The molecule has 0 radical (unpaired) electrons. The zero-order valence-corrected chi connectivity index (χ0v) is 30.6. The van der Waals surface area contributed by atoms with Crippen molar-refractivity contribution >= 4 is 75.4 Å². The maximum atomic E-state index is 2.35. The molecular weight excluding hydrogens is 673 g/mol. The van der Waals surface area contributed by atoms with E-state index in [-0.39, 0.29) is 0 Å². The van der Waals surface area contributed by atoms with Crippen molar-refractivity contribution < 1.29 is 0 Å². The zero-order chi connectivity index (χ0) is 36.7. The monoisotopic (exact) mass is 706 g/mol. The van der Waals surface area contributed by atoms with Crippen LogP contribution in [-0.2, 0) is 0 Å². The molecule has 0 nitrogen and oxygen atoms in total. The molecule has 0 amide bonds. The van der Waals surface area contributed by atoms with Crippen LogP contribution in [0.3, 0.4) is 0 Å². The molecule has 0 heteroatoms. The van der Waals surface area contributed by atoms with Crippen LogP contribution in [0.25, 0.3) is 120 Å². The van der Waals surface area contributed by atoms with Crippen LogP contribution >= 0.6 is 0 Å². The molecule has 0 saturated carbocycles. The van der Waals surface area contributed by atoms with E-state index in [2.05, 4.69) is 206 Å². The van der Waals surface area contributed by atoms with E-state index in [9.17, 15) is 0 Å². The van der Waals surface area contributed by atoms with Gasteiger partial charge in [0.25, 0.3) is 0 Å². The summed E-state index contributed by atoms with van der Waals surface area (Å²) in [5.74, 6) is 0. The van der Waals surface area contributed by atoms with Crippen LogP contribution in [0.15, 0.2) is 206 Å². The van der Waals surface area contributed by atoms with Gasteiger partial charge in [0.2, 0.25) is 0 Å². The van der Waals surface area contributed by atoms with Crippen LogP contribution in [0, 0.1) is 0 Å². The van der Waals surface area contributed by atoms with Gasteiger partial charge in [-0.1, -0.05) is 206 Å². The van der Waals surface area contributed by atoms with E-state index < -0.39 is 0 Å². The van der Waals surface area contributed by atoms with E-state index in [1.54, 1.807) is 0 Å². The molecule has 258 valence electrons. The summed E-state index contributed by atoms with van der Waals surface area (Å²) in [6, 6.07) is 76.6. The van der Waals surface area contributed by atoms with Crippen molar-refractivity contribution in [3.05, 3.63) is 206 Å². The maximum absolute atomic E-state index is 2.35. The lowest BCUT2D eigenvalue weighted by molar-refractivity contribution is 1.66. The molecule has 12 aromatic rings. The lowest BCUT2D eigenvalue weighted by atomic mass is 9.85. The topological polar surface area (TPSA) is 0 Å². The van der Waals surface area contributed by atoms with Gasteiger partial charge in [-0.3, -0.25) is 0 Å². The molecular formula is C56H34. The largest absolute Gasteiger partial charge is 0.0616 e. The predicted molar refractivity (Wildman–Crippen MR) is 242 cm³/mol. The van der Waals surface area contributed by atoms with E-state index >= 15 is 0 Å². The van der Waals surface area contributed by atoms with Gasteiger partial charge in [0.1, 0.15) is 0 Å². The van der Waals surface area contributed by atoms with Crippen LogP contribution in [0.1, 0.15) is 0 Å². The molecule has 0 spiro atoms. The van der Waals surface area contributed by atoms with Crippen molar-refractivity contribution in [1.82, 2.24) is 0 Å². The Labute approximate surface area is 324 Å². The summed E-state index contributed by atoms with van der Waals surface area (Å²) in [6.45, 7) is 0. The van der Waals surface area contributed by atoms with Gasteiger partial charge in [0, 0.05) is 0 Å². The van der Waals surface area contributed by atoms with Crippen molar-refractivity contribution in [2.75, 3.05) is 0 Å². The summed E-state index contributed by atoms with van der Waals surface area (Å²) < 4.78 is 0. The molecule has 0 aliphatic rings. The van der Waals surface area contributed by atoms with E-state index in [1.165, 1.54) is 120 Å². The first kappa shape index (κ1) is 31.1. The molecule has 0 saturated heterocycles. The number of rotatable bonds is 4. The molecule has 0 N–H and O–H groups in total. The maximum Gasteiger partial charge on any atom is -0.00203 e. The van der Waals surface area contributed by atoms with E-state index in [1.807, 2.05) is 0 Å². The van der Waals surface area contributed by atoms with Gasteiger partial charge in [-0.05, 0) is 120 Å². The first-order valence-electron chi connectivity index (χ1n) is 19.5. The highest BCUT2D eigenvalue weighted by Crippen LogP contribution is 2.46. The Morgan fingerprint density at radius 2 is 0.411 bits per heavy atom. The van der Waals surface area contributed by atoms with Crippen LogP contribution in [0.5, 0.6) is 0 Å². The van der Waals surface area contributed by atoms with Gasteiger partial charge < -0.3 is 0 Å². The average molecular weight is 707 g/mol. The molecule has 0 bridgehead atoms. The Balaban J connectivity index is 1.07. The summed E-state index contributed by atoms with van der Waals surface area (Å²) in [7, 11) is 0. The van der Waals surface area contributed by atoms with Gasteiger partial charge in [-0.2, -0.15) is 0 Å². The fourth-order valence-corrected chi connectivity index (χ4v) is 9.75. The first-order chi connectivity index (χ1) is 27.8. The van der Waals surface area contributed by atoms with Crippen molar-refractivity contribution in [3.63, 3.8) is 0 Å². The molecule has 0 atom stereocenters. The molecule has 0 unspecified atom stereocenters. The van der Waals surface area contributed by atoms with E-state index in [0.29, 0.717) is 0 Å². The van der Waals surface area contributed by atoms with Crippen LogP contribution in [-0.4, -0.2) is 0 Å². The Morgan fingerprint density at radius 3 is 0.804 bits per heavy atom. The molecule has 0 aliphatic carbocycles. The van der Waals surface area contributed by atoms with E-state index in [0.717, 1.165) is 0 Å². The van der Waals surface area contributed by atoms with Crippen molar-refractivity contribution in [1.29, 1.82) is 0 Å². The van der Waals surface area contributed by atoms with Gasteiger partial charge >= 0.3 is 0 Å². The summed E-state index contributed by atoms with van der Waals surface area (Å²) >= 11 is 0. The third kappa shape index (κ3) is 4.54. The van der Waals surface area contributed by atoms with E-state index in [4.69, 9.17) is 0 Å².